The topological polar surface area (TPSA) is 95.9 Å². The van der Waals surface area contributed by atoms with Gasteiger partial charge in [0.2, 0.25) is 0 Å². The van der Waals surface area contributed by atoms with Gasteiger partial charge in [0.15, 0.2) is 0 Å². The molecule has 0 radical (unpaired) electrons. The van der Waals surface area contributed by atoms with Crippen LogP contribution in [0.25, 0.3) is 11.1 Å². The van der Waals surface area contributed by atoms with E-state index in [0.29, 0.717) is 35.1 Å². The van der Waals surface area contributed by atoms with Gasteiger partial charge in [0.05, 0.1) is 0 Å². The van der Waals surface area contributed by atoms with Gasteiger partial charge in [-0.2, -0.15) is 0 Å². The van der Waals surface area contributed by atoms with Crippen molar-refractivity contribution in [1.82, 2.24) is 4.90 Å². The first-order chi connectivity index (χ1) is 16.9. The van der Waals surface area contributed by atoms with Gasteiger partial charge in [-0.05, 0) is 53.3 Å². The van der Waals surface area contributed by atoms with E-state index in [4.69, 9.17) is 4.74 Å². The molecule has 8 heteroatoms. The number of hydrogen-bond donors (Lipinski definition) is 2. The summed E-state index contributed by atoms with van der Waals surface area (Å²) in [6.45, 7) is 0.561. The fraction of sp³-hybridized carbons (Fsp3) is 0.222. The fourth-order valence-corrected chi connectivity index (χ4v) is 5.46. The maximum absolute atomic E-state index is 13.0. The van der Waals surface area contributed by atoms with E-state index in [9.17, 15) is 19.5 Å². The van der Waals surface area contributed by atoms with Crippen LogP contribution in [0.1, 0.15) is 40.2 Å². The molecule has 3 aromatic rings. The smallest absolute Gasteiger partial charge is 0.411 e. The molecular weight excluding hydrogens is 512 g/mol. The summed E-state index contributed by atoms with van der Waals surface area (Å²) in [5, 5.41) is 12.1. The summed E-state index contributed by atoms with van der Waals surface area (Å²) in [5.74, 6) is -1.45. The normalized spacial score (nSPS) is 16.5. The molecule has 2 amide bonds. The summed E-state index contributed by atoms with van der Waals surface area (Å²) in [4.78, 5) is 38.5. The number of aliphatic carboxylic acids is 1. The third-order valence-corrected chi connectivity index (χ3v) is 6.99. The number of carboxylic acid groups (broad SMARTS) is 1. The van der Waals surface area contributed by atoms with Crippen LogP contribution < -0.4 is 5.32 Å². The van der Waals surface area contributed by atoms with Crippen molar-refractivity contribution >= 4 is 39.6 Å². The molecule has 0 aromatic heterocycles. The summed E-state index contributed by atoms with van der Waals surface area (Å²) in [6, 6.07) is 20.2. The van der Waals surface area contributed by atoms with Crippen LogP contribution in [-0.4, -0.2) is 47.2 Å². The number of benzene rings is 3. The van der Waals surface area contributed by atoms with E-state index < -0.39 is 18.1 Å². The molecule has 0 spiro atoms. The molecular formula is C27H23BrN2O5. The Bertz CT molecular complexity index is 1280. The number of nitrogens with zero attached hydrogens (tertiary/aromatic N) is 1. The van der Waals surface area contributed by atoms with Crippen LogP contribution in [0.3, 0.4) is 0 Å². The number of amides is 2. The molecule has 178 valence electrons. The zero-order valence-corrected chi connectivity index (χ0v) is 20.3. The summed E-state index contributed by atoms with van der Waals surface area (Å²) in [7, 11) is 0. The van der Waals surface area contributed by atoms with Crippen LogP contribution in [-0.2, 0) is 9.53 Å². The Morgan fingerprint density at radius 2 is 1.66 bits per heavy atom. The molecule has 1 fully saturated rings. The number of carbonyl (C=O) groups excluding carboxylic acids is 2. The quantitative estimate of drug-likeness (QED) is 0.450. The van der Waals surface area contributed by atoms with Crippen molar-refractivity contribution in [3.8, 4) is 11.1 Å². The average Bonchev–Trinajstić information content (AvgIpc) is 3.45. The van der Waals surface area contributed by atoms with E-state index in [1.165, 1.54) is 11.0 Å². The van der Waals surface area contributed by atoms with Gasteiger partial charge in [-0.1, -0.05) is 64.5 Å². The number of hydrogen-bond acceptors (Lipinski definition) is 4. The Kier molecular flexibility index (Phi) is 6.30. The van der Waals surface area contributed by atoms with E-state index in [1.807, 2.05) is 24.3 Å². The largest absolute Gasteiger partial charge is 0.480 e. The van der Waals surface area contributed by atoms with Gasteiger partial charge in [0.1, 0.15) is 12.6 Å². The van der Waals surface area contributed by atoms with Crippen molar-refractivity contribution in [2.75, 3.05) is 18.5 Å². The molecule has 35 heavy (non-hydrogen) atoms. The second kappa shape index (κ2) is 9.54. The minimum absolute atomic E-state index is 0.0593. The highest BCUT2D eigenvalue weighted by atomic mass is 79.9. The van der Waals surface area contributed by atoms with Crippen LogP contribution in [0.2, 0.25) is 0 Å². The molecule has 5 rings (SSSR count). The lowest BCUT2D eigenvalue weighted by Crippen LogP contribution is -2.40. The molecule has 0 bridgehead atoms. The molecule has 1 atom stereocenters. The number of ether oxygens (including phenoxy) is 1. The number of likely N-dealkylation sites (tertiary alicyclic amines) is 1. The van der Waals surface area contributed by atoms with Crippen molar-refractivity contribution < 1.29 is 24.2 Å². The number of carbonyl (C=O) groups is 3. The second-order valence-electron chi connectivity index (χ2n) is 8.67. The van der Waals surface area contributed by atoms with Gasteiger partial charge >= 0.3 is 12.1 Å². The van der Waals surface area contributed by atoms with Gasteiger partial charge in [-0.3, -0.25) is 10.1 Å². The van der Waals surface area contributed by atoms with Gasteiger partial charge < -0.3 is 14.7 Å². The predicted octanol–water partition coefficient (Wildman–Crippen LogP) is 5.50. The SMILES string of the molecule is O=C(Nc1cc(Br)cc(C(=O)N2CCCC2C(=O)O)c1)OCC1c2ccccc2-c2ccccc21. The summed E-state index contributed by atoms with van der Waals surface area (Å²) in [5.41, 5.74) is 5.21. The minimum Gasteiger partial charge on any atom is -0.480 e. The van der Waals surface area contributed by atoms with Crippen molar-refractivity contribution in [2.45, 2.75) is 24.8 Å². The number of anilines is 1. The van der Waals surface area contributed by atoms with Crippen LogP contribution in [0.15, 0.2) is 71.2 Å². The van der Waals surface area contributed by atoms with Crippen molar-refractivity contribution in [2.24, 2.45) is 0 Å². The summed E-state index contributed by atoms with van der Waals surface area (Å²) >= 11 is 3.37. The fourth-order valence-electron chi connectivity index (χ4n) is 4.97. The zero-order chi connectivity index (χ0) is 24.5. The summed E-state index contributed by atoms with van der Waals surface area (Å²) < 4.78 is 6.18. The Morgan fingerprint density at radius 3 is 2.31 bits per heavy atom. The van der Waals surface area contributed by atoms with E-state index in [1.54, 1.807) is 12.1 Å². The molecule has 3 aromatic carbocycles. The van der Waals surface area contributed by atoms with E-state index in [2.05, 4.69) is 45.5 Å². The standard InChI is InChI=1S/C27H23BrN2O5/c28-17-12-16(25(31)30-11-5-10-24(30)26(32)33)13-18(14-17)29-27(34)35-15-23-21-8-3-1-6-19(21)20-7-2-4-9-22(20)23/h1-4,6-9,12-14,23-24H,5,10-11,15H2,(H,29,34)(H,32,33). The van der Waals surface area contributed by atoms with Crippen LogP contribution in [0, 0.1) is 0 Å². The predicted molar refractivity (Wildman–Crippen MR) is 135 cm³/mol. The highest BCUT2D eigenvalue weighted by molar-refractivity contribution is 9.10. The molecule has 2 N–H and O–H groups in total. The molecule has 2 aliphatic rings. The molecule has 1 aliphatic carbocycles. The molecule has 1 heterocycles. The number of carboxylic acids is 1. The molecule has 7 nitrogen and oxygen atoms in total. The first-order valence-electron chi connectivity index (χ1n) is 11.4. The van der Waals surface area contributed by atoms with Gasteiger partial charge in [-0.15, -0.1) is 0 Å². The minimum atomic E-state index is -1.01. The van der Waals surface area contributed by atoms with Crippen LogP contribution in [0.4, 0.5) is 10.5 Å². The number of rotatable bonds is 5. The molecule has 1 unspecified atom stereocenters. The molecule has 1 saturated heterocycles. The van der Waals surface area contributed by atoms with Gasteiger partial charge in [0, 0.05) is 28.2 Å². The maximum atomic E-state index is 13.0. The number of nitrogens with one attached hydrogen (secondary N) is 1. The highest BCUT2D eigenvalue weighted by Crippen LogP contribution is 2.44. The van der Waals surface area contributed by atoms with Crippen molar-refractivity contribution in [3.63, 3.8) is 0 Å². The van der Waals surface area contributed by atoms with Crippen LogP contribution in [0.5, 0.6) is 0 Å². The number of halogens is 1. The van der Waals surface area contributed by atoms with Crippen molar-refractivity contribution in [1.29, 1.82) is 0 Å². The van der Waals surface area contributed by atoms with E-state index in [-0.39, 0.29) is 18.4 Å². The first-order valence-corrected chi connectivity index (χ1v) is 12.2. The second-order valence-corrected chi connectivity index (χ2v) is 9.59. The average molecular weight is 535 g/mol. The van der Waals surface area contributed by atoms with Crippen molar-refractivity contribution in [3.05, 3.63) is 87.9 Å². The zero-order valence-electron chi connectivity index (χ0n) is 18.7. The Balaban J connectivity index is 1.28. The Hall–Kier alpha value is -3.65. The van der Waals surface area contributed by atoms with E-state index in [0.717, 1.165) is 22.3 Å². The molecule has 0 saturated carbocycles. The van der Waals surface area contributed by atoms with Gasteiger partial charge in [0.25, 0.3) is 5.91 Å². The Labute approximate surface area is 210 Å². The van der Waals surface area contributed by atoms with Crippen LogP contribution >= 0.6 is 15.9 Å². The monoisotopic (exact) mass is 534 g/mol. The summed E-state index contributed by atoms with van der Waals surface area (Å²) in [6.07, 6.45) is 0.439. The molecule has 1 aliphatic heterocycles. The third-order valence-electron chi connectivity index (χ3n) is 6.53. The lowest BCUT2D eigenvalue weighted by atomic mass is 9.98. The highest BCUT2D eigenvalue weighted by Gasteiger charge is 2.34. The first kappa shape index (κ1) is 23.1. The lowest BCUT2D eigenvalue weighted by molar-refractivity contribution is -0.141. The number of fused-ring (bicyclic) bond motifs is 3. The lowest BCUT2D eigenvalue weighted by Gasteiger charge is -2.22. The Morgan fingerprint density at radius 1 is 1.00 bits per heavy atom. The maximum Gasteiger partial charge on any atom is 0.411 e. The van der Waals surface area contributed by atoms with Gasteiger partial charge in [-0.25, -0.2) is 9.59 Å². The third kappa shape index (κ3) is 4.53. The van der Waals surface area contributed by atoms with E-state index >= 15 is 0 Å².